The van der Waals surface area contributed by atoms with Crippen LogP contribution in [-0.4, -0.2) is 46.3 Å². The molecule has 1 aromatic carbocycles. The van der Waals surface area contributed by atoms with Crippen molar-refractivity contribution in [2.75, 3.05) is 31.6 Å². The number of H-pyrrole nitrogens is 1. The first-order valence-corrected chi connectivity index (χ1v) is 9.32. The van der Waals surface area contributed by atoms with Crippen molar-refractivity contribution in [2.45, 2.75) is 26.2 Å². The van der Waals surface area contributed by atoms with Crippen molar-refractivity contribution in [3.63, 3.8) is 0 Å². The van der Waals surface area contributed by atoms with E-state index in [0.717, 1.165) is 34.6 Å². The van der Waals surface area contributed by atoms with Crippen LogP contribution < -0.4 is 10.1 Å². The molecule has 136 valence electrons. The number of hydrogen-bond donors (Lipinski definition) is 2. The molecule has 6 heteroatoms. The zero-order valence-corrected chi connectivity index (χ0v) is 15.2. The van der Waals surface area contributed by atoms with Gasteiger partial charge < -0.3 is 10.1 Å². The van der Waals surface area contributed by atoms with Crippen LogP contribution in [0.2, 0.25) is 0 Å². The van der Waals surface area contributed by atoms with Gasteiger partial charge in [0, 0.05) is 23.7 Å². The Labute approximate surface area is 153 Å². The third-order valence-corrected chi connectivity index (χ3v) is 4.76. The van der Waals surface area contributed by atoms with Crippen LogP contribution >= 0.6 is 0 Å². The van der Waals surface area contributed by atoms with Crippen LogP contribution in [0, 0.1) is 6.92 Å². The molecule has 1 fully saturated rings. The standard InChI is InChI=1S/C20H25N5O/c1-15-13-19(24-23-15)21-18-14-16-7-3-4-8-17(16)20(22-18)26-12-11-25-9-5-2-6-10-25/h3-4,7-8,13-14H,2,5-6,9-12H2,1H3,(H2,21,22,23,24). The molecule has 2 N–H and O–H groups in total. The lowest BCUT2D eigenvalue weighted by molar-refractivity contribution is 0.181. The van der Waals surface area contributed by atoms with Crippen LogP contribution in [0.15, 0.2) is 36.4 Å². The van der Waals surface area contributed by atoms with Crippen molar-refractivity contribution in [3.8, 4) is 5.88 Å². The lowest BCUT2D eigenvalue weighted by Crippen LogP contribution is -2.33. The lowest BCUT2D eigenvalue weighted by Gasteiger charge is -2.26. The highest BCUT2D eigenvalue weighted by atomic mass is 16.5. The molecular weight excluding hydrogens is 326 g/mol. The highest BCUT2D eigenvalue weighted by Crippen LogP contribution is 2.28. The number of fused-ring (bicyclic) bond motifs is 1. The number of aromatic amines is 1. The molecule has 6 nitrogen and oxygen atoms in total. The largest absolute Gasteiger partial charge is 0.476 e. The second-order valence-corrected chi connectivity index (χ2v) is 6.85. The predicted molar refractivity (Wildman–Crippen MR) is 104 cm³/mol. The van der Waals surface area contributed by atoms with Gasteiger partial charge >= 0.3 is 0 Å². The second-order valence-electron chi connectivity index (χ2n) is 6.85. The van der Waals surface area contributed by atoms with Crippen LogP contribution in [-0.2, 0) is 0 Å². The Bertz CT molecular complexity index is 870. The summed E-state index contributed by atoms with van der Waals surface area (Å²) in [6.07, 6.45) is 3.94. The van der Waals surface area contributed by atoms with Gasteiger partial charge in [0.25, 0.3) is 0 Å². The van der Waals surface area contributed by atoms with Crippen molar-refractivity contribution in [1.29, 1.82) is 0 Å². The van der Waals surface area contributed by atoms with Gasteiger partial charge in [-0.15, -0.1) is 0 Å². The second kappa shape index (κ2) is 7.74. The van der Waals surface area contributed by atoms with E-state index in [1.54, 1.807) is 0 Å². The van der Waals surface area contributed by atoms with Crippen LogP contribution in [0.1, 0.15) is 25.0 Å². The maximum absolute atomic E-state index is 6.08. The van der Waals surface area contributed by atoms with Gasteiger partial charge in [-0.25, -0.2) is 0 Å². The van der Waals surface area contributed by atoms with Crippen molar-refractivity contribution < 1.29 is 4.74 Å². The van der Waals surface area contributed by atoms with E-state index in [2.05, 4.69) is 37.5 Å². The number of benzene rings is 1. The van der Waals surface area contributed by atoms with Crippen LogP contribution in [0.25, 0.3) is 10.8 Å². The number of aromatic nitrogens is 3. The van der Waals surface area contributed by atoms with Crippen molar-refractivity contribution in [3.05, 3.63) is 42.1 Å². The van der Waals surface area contributed by atoms with E-state index in [4.69, 9.17) is 4.74 Å². The van der Waals surface area contributed by atoms with Gasteiger partial charge in [-0.05, 0) is 50.4 Å². The summed E-state index contributed by atoms with van der Waals surface area (Å²) in [6, 6.07) is 12.2. The molecule has 3 aromatic rings. The first-order chi connectivity index (χ1) is 12.8. The Balaban J connectivity index is 1.51. The minimum Gasteiger partial charge on any atom is -0.476 e. The Hall–Kier alpha value is -2.60. The SMILES string of the molecule is Cc1cc(Nc2cc3ccccc3c(OCCN3CCCCC3)n2)n[nH]1. The smallest absolute Gasteiger partial charge is 0.223 e. The van der Waals surface area contributed by atoms with E-state index in [1.165, 1.54) is 32.4 Å². The molecule has 0 amide bonds. The minimum absolute atomic E-state index is 0.655. The summed E-state index contributed by atoms with van der Waals surface area (Å²) in [4.78, 5) is 7.15. The van der Waals surface area contributed by atoms with Crippen molar-refractivity contribution in [1.82, 2.24) is 20.1 Å². The normalized spacial score (nSPS) is 15.3. The summed E-state index contributed by atoms with van der Waals surface area (Å²) in [6.45, 7) is 5.94. The average Bonchev–Trinajstić information content (AvgIpc) is 3.07. The Morgan fingerprint density at radius 1 is 1.12 bits per heavy atom. The average molecular weight is 351 g/mol. The van der Waals surface area contributed by atoms with Gasteiger partial charge in [-0.3, -0.25) is 10.00 Å². The number of anilines is 2. The highest BCUT2D eigenvalue weighted by Gasteiger charge is 2.12. The maximum Gasteiger partial charge on any atom is 0.223 e. The Kier molecular flexibility index (Phi) is 5.02. The molecule has 0 bridgehead atoms. The molecular formula is C20H25N5O. The maximum atomic E-state index is 6.08. The fourth-order valence-electron chi connectivity index (χ4n) is 3.41. The van der Waals surface area contributed by atoms with Gasteiger partial charge in [0.1, 0.15) is 12.4 Å². The van der Waals surface area contributed by atoms with E-state index in [0.29, 0.717) is 12.5 Å². The van der Waals surface area contributed by atoms with Crippen LogP contribution in [0.5, 0.6) is 5.88 Å². The molecule has 1 aliphatic rings. The number of nitrogens with zero attached hydrogens (tertiary/aromatic N) is 3. The van der Waals surface area contributed by atoms with Gasteiger partial charge in [-0.1, -0.05) is 24.6 Å². The summed E-state index contributed by atoms with van der Waals surface area (Å²) < 4.78 is 6.08. The molecule has 3 heterocycles. The topological polar surface area (TPSA) is 66.1 Å². The fourth-order valence-corrected chi connectivity index (χ4v) is 3.41. The summed E-state index contributed by atoms with van der Waals surface area (Å²) in [5.74, 6) is 2.17. The predicted octanol–water partition coefficient (Wildman–Crippen LogP) is 3.87. The summed E-state index contributed by atoms with van der Waals surface area (Å²) in [5.41, 5.74) is 1.01. The van der Waals surface area contributed by atoms with Gasteiger partial charge in [0.2, 0.25) is 5.88 Å². The molecule has 0 unspecified atom stereocenters. The van der Waals surface area contributed by atoms with E-state index in [-0.39, 0.29) is 0 Å². The zero-order valence-electron chi connectivity index (χ0n) is 15.2. The van der Waals surface area contributed by atoms with E-state index < -0.39 is 0 Å². The fraction of sp³-hybridized carbons (Fsp3) is 0.400. The molecule has 0 aliphatic carbocycles. The number of aryl methyl sites for hydroxylation is 1. The minimum atomic E-state index is 0.655. The number of hydrogen-bond acceptors (Lipinski definition) is 5. The van der Waals surface area contributed by atoms with Crippen molar-refractivity contribution in [2.24, 2.45) is 0 Å². The van der Waals surface area contributed by atoms with Crippen LogP contribution in [0.3, 0.4) is 0 Å². The van der Waals surface area contributed by atoms with Gasteiger partial charge in [0.05, 0.1) is 0 Å². The summed E-state index contributed by atoms with van der Waals surface area (Å²) in [7, 11) is 0. The third-order valence-electron chi connectivity index (χ3n) is 4.76. The monoisotopic (exact) mass is 351 g/mol. The third kappa shape index (κ3) is 3.96. The molecule has 1 saturated heterocycles. The highest BCUT2D eigenvalue weighted by molar-refractivity contribution is 5.89. The Morgan fingerprint density at radius 3 is 2.77 bits per heavy atom. The summed E-state index contributed by atoms with van der Waals surface area (Å²) in [5, 5.41) is 12.5. The number of piperidine rings is 1. The van der Waals surface area contributed by atoms with E-state index in [1.807, 2.05) is 31.2 Å². The molecule has 0 atom stereocenters. The Morgan fingerprint density at radius 2 is 1.96 bits per heavy atom. The summed E-state index contributed by atoms with van der Waals surface area (Å²) >= 11 is 0. The van der Waals surface area contributed by atoms with Crippen molar-refractivity contribution >= 4 is 22.4 Å². The molecule has 4 rings (SSSR count). The zero-order chi connectivity index (χ0) is 17.8. The number of nitrogens with one attached hydrogen (secondary N) is 2. The molecule has 26 heavy (non-hydrogen) atoms. The molecule has 0 saturated carbocycles. The molecule has 2 aromatic heterocycles. The first kappa shape index (κ1) is 16.8. The first-order valence-electron chi connectivity index (χ1n) is 9.32. The number of likely N-dealkylation sites (tertiary alicyclic amines) is 1. The quantitative estimate of drug-likeness (QED) is 0.706. The number of ether oxygens (including phenoxy) is 1. The number of pyridine rings is 1. The van der Waals surface area contributed by atoms with Gasteiger partial charge in [-0.2, -0.15) is 10.1 Å². The lowest BCUT2D eigenvalue weighted by atomic mass is 10.1. The van der Waals surface area contributed by atoms with Crippen LogP contribution in [0.4, 0.5) is 11.6 Å². The molecule has 1 aliphatic heterocycles. The molecule has 0 spiro atoms. The van der Waals surface area contributed by atoms with Gasteiger partial charge in [0.15, 0.2) is 5.82 Å². The van der Waals surface area contributed by atoms with E-state index in [9.17, 15) is 0 Å². The number of rotatable bonds is 6. The van der Waals surface area contributed by atoms with E-state index >= 15 is 0 Å². The molecule has 0 radical (unpaired) electrons.